The average Bonchev–Trinajstić information content (AvgIpc) is 2.25. The van der Waals surface area contributed by atoms with Crippen molar-refractivity contribution in [3.63, 3.8) is 0 Å². The number of fused-ring (bicyclic) bond motifs is 1. The molecule has 2 rings (SSSR count). The van der Waals surface area contributed by atoms with Gasteiger partial charge in [0, 0.05) is 10.6 Å². The number of benzene rings is 1. The zero-order valence-corrected chi connectivity index (χ0v) is 11.3. The molecule has 5 heteroatoms. The Bertz CT molecular complexity index is 535. The highest BCUT2D eigenvalue weighted by Crippen LogP contribution is 2.33. The third-order valence-electron chi connectivity index (χ3n) is 2.66. The van der Waals surface area contributed by atoms with Crippen LogP contribution in [0.1, 0.15) is 18.9 Å². The molecule has 0 spiro atoms. The Hall–Kier alpha value is -0.570. The van der Waals surface area contributed by atoms with E-state index in [0.717, 1.165) is 5.57 Å². The van der Waals surface area contributed by atoms with Crippen molar-refractivity contribution in [1.82, 2.24) is 0 Å². The number of nitrogens with zero attached hydrogens (tertiary/aromatic N) is 1. The smallest absolute Gasteiger partial charge is 0.148 e. The van der Waals surface area contributed by atoms with E-state index < -0.39 is 0 Å². The molecule has 0 bridgehead atoms. The van der Waals surface area contributed by atoms with Gasteiger partial charge in [0.2, 0.25) is 0 Å². The van der Waals surface area contributed by atoms with Crippen LogP contribution in [0.25, 0.3) is 0 Å². The maximum Gasteiger partial charge on any atom is 0.148 e. The summed E-state index contributed by atoms with van der Waals surface area (Å²) in [7, 11) is 0. The van der Waals surface area contributed by atoms with Crippen LogP contribution in [0.3, 0.4) is 0 Å². The van der Waals surface area contributed by atoms with E-state index in [-0.39, 0.29) is 11.0 Å². The van der Waals surface area contributed by atoms with Crippen molar-refractivity contribution in [3.05, 3.63) is 39.1 Å². The summed E-state index contributed by atoms with van der Waals surface area (Å²) in [5.41, 5.74) is 1.88. The molecule has 0 aliphatic carbocycles. The van der Waals surface area contributed by atoms with Crippen molar-refractivity contribution >= 4 is 45.7 Å². The Morgan fingerprint density at radius 3 is 2.59 bits per heavy atom. The molecular formula is C12H9Cl3FN. The molecule has 0 aromatic heterocycles. The van der Waals surface area contributed by atoms with Crippen molar-refractivity contribution in [1.29, 1.82) is 0 Å². The molecule has 0 radical (unpaired) electrons. The van der Waals surface area contributed by atoms with Crippen molar-refractivity contribution in [2.24, 2.45) is 4.99 Å². The van der Waals surface area contributed by atoms with Gasteiger partial charge in [0.25, 0.3) is 0 Å². The first-order valence-electron chi connectivity index (χ1n) is 5.06. The summed E-state index contributed by atoms with van der Waals surface area (Å²) in [6.07, 6.45) is 1.18. The minimum atomic E-state index is -0.355. The summed E-state index contributed by atoms with van der Waals surface area (Å²) in [4.78, 5) is 4.12. The van der Waals surface area contributed by atoms with Gasteiger partial charge >= 0.3 is 0 Å². The lowest BCUT2D eigenvalue weighted by Gasteiger charge is -2.13. The van der Waals surface area contributed by atoms with E-state index in [1.165, 1.54) is 6.07 Å². The lowest BCUT2D eigenvalue weighted by atomic mass is 10.0. The van der Waals surface area contributed by atoms with Crippen molar-refractivity contribution in [2.75, 3.05) is 0 Å². The molecule has 1 aliphatic rings. The molecule has 1 aliphatic heterocycles. The zero-order valence-electron chi connectivity index (χ0n) is 9.03. The number of aliphatic imine (C=N–C) groups is 1. The van der Waals surface area contributed by atoms with Gasteiger partial charge in [-0.15, -0.1) is 0 Å². The molecule has 1 aromatic carbocycles. The first kappa shape index (κ1) is 12.9. The lowest BCUT2D eigenvalue weighted by molar-refractivity contribution is 0.609. The first-order chi connectivity index (χ1) is 7.99. The number of allylic oxidation sites excluding steroid dienone is 2. The van der Waals surface area contributed by atoms with Gasteiger partial charge in [0.1, 0.15) is 11.0 Å². The van der Waals surface area contributed by atoms with Gasteiger partial charge in [-0.2, -0.15) is 0 Å². The van der Waals surface area contributed by atoms with E-state index in [4.69, 9.17) is 34.8 Å². The fourth-order valence-electron chi connectivity index (χ4n) is 1.69. The monoisotopic (exact) mass is 291 g/mol. The fourth-order valence-corrected chi connectivity index (χ4v) is 2.28. The normalized spacial score (nSPS) is 16.2. The summed E-state index contributed by atoms with van der Waals surface area (Å²) in [6.45, 7) is 1.86. The predicted octanol–water partition coefficient (Wildman–Crippen LogP) is 5.21. The van der Waals surface area contributed by atoms with E-state index in [2.05, 4.69) is 4.99 Å². The van der Waals surface area contributed by atoms with Crippen LogP contribution in [0.5, 0.6) is 0 Å². The Labute approximate surface area is 114 Å². The van der Waals surface area contributed by atoms with E-state index in [9.17, 15) is 4.39 Å². The number of rotatable bonds is 0. The largest absolute Gasteiger partial charge is 0.235 e. The molecule has 1 aromatic rings. The molecule has 1 heterocycles. The van der Waals surface area contributed by atoms with Gasteiger partial charge in [0.15, 0.2) is 0 Å². The van der Waals surface area contributed by atoms with Crippen LogP contribution in [0.15, 0.2) is 27.7 Å². The van der Waals surface area contributed by atoms with Crippen LogP contribution in [-0.4, -0.2) is 5.17 Å². The quantitative estimate of drug-likeness (QED) is 0.622. The summed E-state index contributed by atoms with van der Waals surface area (Å²) >= 11 is 17.8. The summed E-state index contributed by atoms with van der Waals surface area (Å²) in [5.74, 6) is -0.355. The van der Waals surface area contributed by atoms with Crippen LogP contribution < -0.4 is 0 Å². The fraction of sp³-hybridized carbons (Fsp3) is 0.250. The number of hydrogen-bond donors (Lipinski definition) is 0. The Balaban J connectivity index is 2.62. The molecule has 0 atom stereocenters. The molecule has 0 saturated carbocycles. The SMILES string of the molecule is CC1=C(Cl)C(Cl)=Nc2cc(Cl)cc(F)c2CC1. The number of halogens is 4. The van der Waals surface area contributed by atoms with Crippen molar-refractivity contribution in [2.45, 2.75) is 19.8 Å². The van der Waals surface area contributed by atoms with Crippen LogP contribution in [0.4, 0.5) is 10.1 Å². The Kier molecular flexibility index (Phi) is 3.76. The molecule has 0 amide bonds. The highest BCUT2D eigenvalue weighted by atomic mass is 35.5. The summed E-state index contributed by atoms with van der Waals surface area (Å²) in [5, 5.41) is 0.899. The van der Waals surface area contributed by atoms with Crippen molar-refractivity contribution in [3.8, 4) is 0 Å². The second-order valence-corrected chi connectivity index (χ2v) is 5.05. The van der Waals surface area contributed by atoms with Crippen LogP contribution in [-0.2, 0) is 6.42 Å². The molecule has 0 unspecified atom stereocenters. The van der Waals surface area contributed by atoms with Crippen LogP contribution in [0.2, 0.25) is 5.02 Å². The maximum atomic E-state index is 13.8. The standard InChI is InChI=1S/C12H9Cl3FN/c1-6-2-3-8-9(16)4-7(13)5-10(8)17-12(15)11(6)14/h4-5H,2-3H2,1H3. The highest BCUT2D eigenvalue weighted by Gasteiger charge is 2.16. The third kappa shape index (κ3) is 2.65. The molecule has 0 saturated heterocycles. The van der Waals surface area contributed by atoms with Gasteiger partial charge in [-0.1, -0.05) is 40.4 Å². The lowest BCUT2D eigenvalue weighted by Crippen LogP contribution is -2.01. The summed E-state index contributed by atoms with van der Waals surface area (Å²) < 4.78 is 13.8. The van der Waals surface area contributed by atoms with Gasteiger partial charge in [-0.25, -0.2) is 9.38 Å². The molecule has 0 fully saturated rings. The maximum absolute atomic E-state index is 13.8. The van der Waals surface area contributed by atoms with Gasteiger partial charge in [-0.3, -0.25) is 0 Å². The van der Waals surface area contributed by atoms with E-state index in [0.29, 0.717) is 34.1 Å². The first-order valence-corrected chi connectivity index (χ1v) is 6.20. The van der Waals surface area contributed by atoms with E-state index >= 15 is 0 Å². The zero-order chi connectivity index (χ0) is 12.6. The molecule has 1 nitrogen and oxygen atoms in total. The Morgan fingerprint density at radius 2 is 1.88 bits per heavy atom. The van der Waals surface area contributed by atoms with Crippen LogP contribution in [0, 0.1) is 5.82 Å². The van der Waals surface area contributed by atoms with Gasteiger partial charge < -0.3 is 0 Å². The molecule has 90 valence electrons. The van der Waals surface area contributed by atoms with E-state index in [1.807, 2.05) is 6.92 Å². The van der Waals surface area contributed by atoms with Crippen molar-refractivity contribution < 1.29 is 4.39 Å². The van der Waals surface area contributed by atoms with E-state index in [1.54, 1.807) is 6.07 Å². The second kappa shape index (κ2) is 4.97. The van der Waals surface area contributed by atoms with Crippen LogP contribution >= 0.6 is 34.8 Å². The molecular weight excluding hydrogens is 283 g/mol. The summed E-state index contributed by atoms with van der Waals surface area (Å²) in [6, 6.07) is 2.87. The third-order valence-corrected chi connectivity index (χ3v) is 3.75. The minimum absolute atomic E-state index is 0.173. The van der Waals surface area contributed by atoms with Gasteiger partial charge in [-0.05, 0) is 31.9 Å². The topological polar surface area (TPSA) is 12.4 Å². The predicted molar refractivity (Wildman–Crippen MR) is 71.2 cm³/mol. The Morgan fingerprint density at radius 1 is 1.18 bits per heavy atom. The molecule has 0 N–H and O–H groups in total. The number of hydrogen-bond acceptors (Lipinski definition) is 1. The minimum Gasteiger partial charge on any atom is -0.235 e. The average molecular weight is 293 g/mol. The molecule has 17 heavy (non-hydrogen) atoms. The van der Waals surface area contributed by atoms with Gasteiger partial charge in [0.05, 0.1) is 10.7 Å². The second-order valence-electron chi connectivity index (χ2n) is 3.88. The highest BCUT2D eigenvalue weighted by molar-refractivity contribution is 6.76.